The second-order valence-corrected chi connectivity index (χ2v) is 5.91. The molecule has 0 spiro atoms. The lowest BCUT2D eigenvalue weighted by Crippen LogP contribution is -2.43. The molecule has 132 valence electrons. The van der Waals surface area contributed by atoms with Gasteiger partial charge in [0.25, 0.3) is 11.8 Å². The molecular formula is C17H19FN4O3. The van der Waals surface area contributed by atoms with Crippen LogP contribution in [0.4, 0.5) is 10.2 Å². The second-order valence-electron chi connectivity index (χ2n) is 5.91. The van der Waals surface area contributed by atoms with E-state index in [0.29, 0.717) is 24.5 Å². The number of nitrogens with one attached hydrogen (secondary N) is 1. The smallest absolute Gasteiger partial charge is 0.258 e. The number of aryl methyl sites for hydroxylation is 2. The SMILES string of the molecule is Cc1cc(N2CC[C@@H](NC(=O)COc3ccc(F)cc3)C2=O)n(C)n1. The summed E-state index contributed by atoms with van der Waals surface area (Å²) in [6, 6.07) is 6.63. The van der Waals surface area contributed by atoms with Crippen molar-refractivity contribution >= 4 is 17.6 Å². The minimum atomic E-state index is -0.584. The van der Waals surface area contributed by atoms with Crippen molar-refractivity contribution in [1.82, 2.24) is 15.1 Å². The van der Waals surface area contributed by atoms with Crippen LogP contribution in [0.25, 0.3) is 0 Å². The third-order valence-corrected chi connectivity index (χ3v) is 3.98. The highest BCUT2D eigenvalue weighted by Gasteiger charge is 2.35. The standard InChI is InChI=1S/C17H19FN4O3/c1-11-9-16(21(2)20-11)22-8-7-14(17(22)24)19-15(23)10-25-13-5-3-12(18)4-6-13/h3-6,9,14H,7-8,10H2,1-2H3,(H,19,23)/t14-/m1/s1. The van der Waals surface area contributed by atoms with Gasteiger partial charge in [0.15, 0.2) is 6.61 Å². The summed E-state index contributed by atoms with van der Waals surface area (Å²) in [5, 5.41) is 6.91. The molecule has 1 aliphatic rings. The molecule has 0 radical (unpaired) electrons. The highest BCUT2D eigenvalue weighted by Crippen LogP contribution is 2.22. The number of anilines is 1. The number of rotatable bonds is 5. The number of ether oxygens (including phenoxy) is 1. The first kappa shape index (κ1) is 16.9. The molecule has 2 aromatic rings. The molecule has 1 aromatic carbocycles. The van der Waals surface area contributed by atoms with Crippen molar-refractivity contribution in [2.24, 2.45) is 7.05 Å². The fraction of sp³-hybridized carbons (Fsp3) is 0.353. The van der Waals surface area contributed by atoms with Gasteiger partial charge in [-0.05, 0) is 37.6 Å². The highest BCUT2D eigenvalue weighted by atomic mass is 19.1. The summed E-state index contributed by atoms with van der Waals surface area (Å²) >= 11 is 0. The lowest BCUT2D eigenvalue weighted by Gasteiger charge is -2.17. The van der Waals surface area contributed by atoms with Gasteiger partial charge in [0.1, 0.15) is 23.4 Å². The maximum Gasteiger partial charge on any atom is 0.258 e. The molecule has 0 bridgehead atoms. The Bertz CT molecular complexity index is 788. The Kier molecular flexibility index (Phi) is 4.69. The van der Waals surface area contributed by atoms with Crippen LogP contribution in [0.1, 0.15) is 12.1 Å². The van der Waals surface area contributed by atoms with Crippen molar-refractivity contribution in [3.63, 3.8) is 0 Å². The number of benzene rings is 1. The van der Waals surface area contributed by atoms with Gasteiger partial charge in [0.2, 0.25) is 0 Å². The van der Waals surface area contributed by atoms with E-state index in [1.807, 2.05) is 13.0 Å². The Hall–Kier alpha value is -2.90. The van der Waals surface area contributed by atoms with Gasteiger partial charge < -0.3 is 10.1 Å². The Morgan fingerprint density at radius 3 is 2.76 bits per heavy atom. The van der Waals surface area contributed by atoms with Crippen LogP contribution in [0.15, 0.2) is 30.3 Å². The van der Waals surface area contributed by atoms with Crippen molar-refractivity contribution in [3.8, 4) is 5.75 Å². The fourth-order valence-electron chi connectivity index (χ4n) is 2.81. The van der Waals surface area contributed by atoms with E-state index < -0.39 is 11.9 Å². The van der Waals surface area contributed by atoms with Crippen LogP contribution in [-0.2, 0) is 16.6 Å². The van der Waals surface area contributed by atoms with Gasteiger partial charge >= 0.3 is 0 Å². The topological polar surface area (TPSA) is 76.5 Å². The van der Waals surface area contributed by atoms with Crippen LogP contribution < -0.4 is 15.0 Å². The van der Waals surface area contributed by atoms with E-state index >= 15 is 0 Å². The van der Waals surface area contributed by atoms with Crippen LogP contribution in [0, 0.1) is 12.7 Å². The van der Waals surface area contributed by atoms with Crippen LogP contribution in [-0.4, -0.2) is 40.8 Å². The molecule has 2 amide bonds. The number of hydrogen-bond donors (Lipinski definition) is 1. The quantitative estimate of drug-likeness (QED) is 0.882. The van der Waals surface area contributed by atoms with E-state index in [1.54, 1.807) is 16.6 Å². The predicted octanol–water partition coefficient (Wildman–Crippen LogP) is 1.17. The zero-order chi connectivity index (χ0) is 18.0. The summed E-state index contributed by atoms with van der Waals surface area (Å²) in [7, 11) is 1.78. The maximum absolute atomic E-state index is 12.8. The summed E-state index contributed by atoms with van der Waals surface area (Å²) in [6.07, 6.45) is 0.519. The average molecular weight is 346 g/mol. The molecule has 0 aliphatic carbocycles. The molecule has 8 heteroatoms. The second kappa shape index (κ2) is 6.92. The van der Waals surface area contributed by atoms with Gasteiger partial charge in [0, 0.05) is 19.7 Å². The van der Waals surface area contributed by atoms with Crippen LogP contribution in [0.2, 0.25) is 0 Å². The van der Waals surface area contributed by atoms with Crippen molar-refractivity contribution in [2.45, 2.75) is 19.4 Å². The Morgan fingerprint density at radius 1 is 1.40 bits per heavy atom. The van der Waals surface area contributed by atoms with E-state index in [-0.39, 0.29) is 18.3 Å². The Balaban J connectivity index is 1.54. The first-order valence-electron chi connectivity index (χ1n) is 7.94. The molecule has 2 heterocycles. The fourth-order valence-corrected chi connectivity index (χ4v) is 2.81. The molecule has 1 fully saturated rings. The average Bonchev–Trinajstić information content (AvgIpc) is 3.09. The zero-order valence-corrected chi connectivity index (χ0v) is 14.0. The molecule has 0 saturated carbocycles. The highest BCUT2D eigenvalue weighted by molar-refractivity contribution is 6.00. The maximum atomic E-state index is 12.8. The summed E-state index contributed by atoms with van der Waals surface area (Å²) in [5.41, 5.74) is 0.825. The van der Waals surface area contributed by atoms with Crippen LogP contribution >= 0.6 is 0 Å². The summed E-state index contributed by atoms with van der Waals surface area (Å²) in [6.45, 7) is 2.14. The molecule has 1 aromatic heterocycles. The molecule has 1 aliphatic heterocycles. The predicted molar refractivity (Wildman–Crippen MR) is 88.7 cm³/mol. The number of halogens is 1. The molecular weight excluding hydrogens is 327 g/mol. The number of carbonyl (C=O) groups excluding carboxylic acids is 2. The summed E-state index contributed by atoms with van der Waals surface area (Å²) < 4.78 is 19.8. The van der Waals surface area contributed by atoms with Gasteiger partial charge in [-0.2, -0.15) is 5.10 Å². The lowest BCUT2D eigenvalue weighted by atomic mass is 10.2. The number of aromatic nitrogens is 2. The van der Waals surface area contributed by atoms with Crippen molar-refractivity contribution in [1.29, 1.82) is 0 Å². The monoisotopic (exact) mass is 346 g/mol. The van der Waals surface area contributed by atoms with Gasteiger partial charge in [-0.15, -0.1) is 0 Å². The molecule has 1 atom stereocenters. The number of nitrogens with zero attached hydrogens (tertiary/aromatic N) is 3. The van der Waals surface area contributed by atoms with Crippen molar-refractivity contribution < 1.29 is 18.7 Å². The third kappa shape index (κ3) is 3.78. The number of carbonyl (C=O) groups is 2. The Labute approximate surface area is 144 Å². The molecule has 1 saturated heterocycles. The summed E-state index contributed by atoms with van der Waals surface area (Å²) in [4.78, 5) is 26.1. The van der Waals surface area contributed by atoms with E-state index in [2.05, 4.69) is 10.4 Å². The minimum Gasteiger partial charge on any atom is -0.484 e. The number of amides is 2. The van der Waals surface area contributed by atoms with E-state index in [0.717, 1.165) is 5.69 Å². The molecule has 0 unspecified atom stereocenters. The molecule has 25 heavy (non-hydrogen) atoms. The van der Waals surface area contributed by atoms with Gasteiger partial charge in [-0.1, -0.05) is 0 Å². The van der Waals surface area contributed by atoms with Crippen molar-refractivity contribution in [3.05, 3.63) is 41.8 Å². The molecule has 7 nitrogen and oxygen atoms in total. The van der Waals surface area contributed by atoms with Crippen LogP contribution in [0.3, 0.4) is 0 Å². The van der Waals surface area contributed by atoms with E-state index in [4.69, 9.17) is 4.74 Å². The summed E-state index contributed by atoms with van der Waals surface area (Å²) in [5.74, 6) is 0.158. The largest absolute Gasteiger partial charge is 0.484 e. The van der Waals surface area contributed by atoms with Crippen molar-refractivity contribution in [2.75, 3.05) is 18.1 Å². The zero-order valence-electron chi connectivity index (χ0n) is 14.0. The van der Waals surface area contributed by atoms with Gasteiger partial charge in [-0.3, -0.25) is 19.2 Å². The first-order valence-corrected chi connectivity index (χ1v) is 7.94. The first-order chi connectivity index (χ1) is 11.9. The van der Waals surface area contributed by atoms with Gasteiger partial charge in [-0.25, -0.2) is 4.39 Å². The molecule has 3 rings (SSSR count). The molecule has 1 N–H and O–H groups in total. The van der Waals surface area contributed by atoms with E-state index in [9.17, 15) is 14.0 Å². The minimum absolute atomic E-state index is 0.168. The Morgan fingerprint density at radius 2 is 2.12 bits per heavy atom. The van der Waals surface area contributed by atoms with E-state index in [1.165, 1.54) is 24.3 Å². The lowest BCUT2D eigenvalue weighted by molar-refractivity contribution is -0.127. The number of hydrogen-bond acceptors (Lipinski definition) is 4. The normalized spacial score (nSPS) is 17.0. The van der Waals surface area contributed by atoms with Gasteiger partial charge in [0.05, 0.1) is 5.69 Å². The van der Waals surface area contributed by atoms with Crippen LogP contribution in [0.5, 0.6) is 5.75 Å². The third-order valence-electron chi connectivity index (χ3n) is 3.98.